The van der Waals surface area contributed by atoms with Gasteiger partial charge in [0.25, 0.3) is 5.91 Å². The van der Waals surface area contributed by atoms with E-state index in [0.29, 0.717) is 30.8 Å². The van der Waals surface area contributed by atoms with Gasteiger partial charge < -0.3 is 15.4 Å². The molecule has 130 valence electrons. The van der Waals surface area contributed by atoms with Crippen LogP contribution in [0.5, 0.6) is 0 Å². The Hall–Kier alpha value is -2.82. The molecular formula is C20H22N2O3. The zero-order valence-electron chi connectivity index (χ0n) is 14.3. The number of benzene rings is 2. The highest BCUT2D eigenvalue weighted by Crippen LogP contribution is 2.29. The fraction of sp³-hybridized carbons (Fsp3) is 0.300. The van der Waals surface area contributed by atoms with E-state index < -0.39 is 0 Å². The van der Waals surface area contributed by atoms with Crippen LogP contribution in [0.15, 0.2) is 42.5 Å². The zero-order valence-corrected chi connectivity index (χ0v) is 14.3. The molecule has 0 radical (unpaired) electrons. The number of ether oxygens (including phenoxy) is 1. The Kier molecular flexibility index (Phi) is 5.03. The minimum absolute atomic E-state index is 0.0163. The molecule has 0 aliphatic carbocycles. The number of aryl methyl sites for hydroxylation is 1. The summed E-state index contributed by atoms with van der Waals surface area (Å²) < 4.78 is 4.93. The van der Waals surface area contributed by atoms with Crippen LogP contribution in [0.2, 0.25) is 0 Å². The second-order valence-electron chi connectivity index (χ2n) is 6.13. The topological polar surface area (TPSA) is 72.6 Å². The number of carbonyl (C=O) groups is 2. The average Bonchev–Trinajstić information content (AvgIpc) is 2.92. The fourth-order valence-corrected chi connectivity index (χ4v) is 3.04. The minimum atomic E-state index is -0.154. The summed E-state index contributed by atoms with van der Waals surface area (Å²) in [5, 5.41) is 0. The molecule has 3 rings (SSSR count). The summed E-state index contributed by atoms with van der Waals surface area (Å²) in [5.74, 6) is -0.170. The molecule has 5 heteroatoms. The first kappa shape index (κ1) is 17.0. The zero-order chi connectivity index (χ0) is 17.8. The van der Waals surface area contributed by atoms with Crippen LogP contribution in [0, 0.1) is 0 Å². The number of hydrogen-bond acceptors (Lipinski definition) is 4. The Labute approximate surface area is 147 Å². The average molecular weight is 338 g/mol. The van der Waals surface area contributed by atoms with Crippen molar-refractivity contribution in [3.05, 3.63) is 59.2 Å². The normalized spacial score (nSPS) is 13.0. The molecule has 1 amide bonds. The number of nitrogens with two attached hydrogens (primary N) is 1. The summed E-state index contributed by atoms with van der Waals surface area (Å²) in [6.07, 6.45) is 1.99. The van der Waals surface area contributed by atoms with Crippen LogP contribution in [0.3, 0.4) is 0 Å². The Morgan fingerprint density at radius 1 is 1.20 bits per heavy atom. The molecule has 0 fully saturated rings. The summed E-state index contributed by atoms with van der Waals surface area (Å²) in [6.45, 7) is 2.80. The van der Waals surface area contributed by atoms with Gasteiger partial charge in [-0.15, -0.1) is 0 Å². The van der Waals surface area contributed by atoms with Crippen molar-refractivity contribution in [1.82, 2.24) is 0 Å². The quantitative estimate of drug-likeness (QED) is 0.648. The summed E-state index contributed by atoms with van der Waals surface area (Å²) in [5.41, 5.74) is 10.1. The highest BCUT2D eigenvalue weighted by molar-refractivity contribution is 6.10. The van der Waals surface area contributed by atoms with E-state index in [1.165, 1.54) is 0 Å². The molecule has 2 N–H and O–H groups in total. The molecule has 25 heavy (non-hydrogen) atoms. The van der Waals surface area contributed by atoms with E-state index in [1.807, 2.05) is 43.3 Å². The van der Waals surface area contributed by atoms with Crippen LogP contribution in [-0.4, -0.2) is 18.5 Å². The van der Waals surface area contributed by atoms with Crippen molar-refractivity contribution in [2.75, 3.05) is 17.2 Å². The lowest BCUT2D eigenvalue weighted by molar-refractivity contribution is -0.143. The van der Waals surface area contributed by atoms with Crippen LogP contribution in [-0.2, 0) is 22.5 Å². The number of amides is 1. The van der Waals surface area contributed by atoms with Gasteiger partial charge in [0.2, 0.25) is 0 Å². The standard InChI is InChI=1S/C20H22N2O3/c1-2-25-19(23)5-3-4-14-6-10-17(11-7-14)22-13-15-8-9-16(21)12-18(15)20(22)24/h6-12H,2-5,13,21H2,1H3. The predicted octanol–water partition coefficient (Wildman–Crippen LogP) is 3.32. The fourth-order valence-electron chi connectivity index (χ4n) is 3.04. The van der Waals surface area contributed by atoms with Gasteiger partial charge in [-0.1, -0.05) is 18.2 Å². The molecule has 0 unspecified atom stereocenters. The van der Waals surface area contributed by atoms with Crippen LogP contribution in [0.1, 0.15) is 41.3 Å². The van der Waals surface area contributed by atoms with Gasteiger partial charge in [0, 0.05) is 23.4 Å². The SMILES string of the molecule is CCOC(=O)CCCc1ccc(N2Cc3ccc(N)cc3C2=O)cc1. The summed E-state index contributed by atoms with van der Waals surface area (Å²) in [4.78, 5) is 25.7. The number of rotatable bonds is 6. The molecule has 0 saturated heterocycles. The van der Waals surface area contributed by atoms with Crippen molar-refractivity contribution in [2.45, 2.75) is 32.7 Å². The first-order valence-corrected chi connectivity index (χ1v) is 8.53. The van der Waals surface area contributed by atoms with Gasteiger partial charge in [0.1, 0.15) is 0 Å². The molecule has 1 aliphatic heterocycles. The molecule has 2 aromatic rings. The molecule has 1 aliphatic rings. The molecular weight excluding hydrogens is 316 g/mol. The number of carbonyl (C=O) groups excluding carboxylic acids is 2. The molecule has 0 atom stereocenters. The second-order valence-corrected chi connectivity index (χ2v) is 6.13. The molecule has 1 heterocycles. The maximum absolute atomic E-state index is 12.6. The lowest BCUT2D eigenvalue weighted by atomic mass is 10.1. The van der Waals surface area contributed by atoms with Crippen LogP contribution in [0.25, 0.3) is 0 Å². The predicted molar refractivity (Wildman–Crippen MR) is 97.4 cm³/mol. The maximum atomic E-state index is 12.6. The molecule has 0 aromatic heterocycles. The highest BCUT2D eigenvalue weighted by Gasteiger charge is 2.28. The van der Waals surface area contributed by atoms with E-state index in [2.05, 4.69) is 0 Å². The van der Waals surface area contributed by atoms with Gasteiger partial charge in [0.15, 0.2) is 0 Å². The van der Waals surface area contributed by atoms with Crippen LogP contribution in [0.4, 0.5) is 11.4 Å². The third-order valence-electron chi connectivity index (χ3n) is 4.34. The molecule has 2 aromatic carbocycles. The number of anilines is 2. The third-order valence-corrected chi connectivity index (χ3v) is 4.34. The van der Waals surface area contributed by atoms with E-state index >= 15 is 0 Å². The van der Waals surface area contributed by atoms with Crippen molar-refractivity contribution >= 4 is 23.3 Å². The summed E-state index contributed by atoms with van der Waals surface area (Å²) in [6, 6.07) is 13.4. The smallest absolute Gasteiger partial charge is 0.305 e. The second kappa shape index (κ2) is 7.38. The van der Waals surface area contributed by atoms with Crippen molar-refractivity contribution in [1.29, 1.82) is 0 Å². The molecule has 0 spiro atoms. The third kappa shape index (κ3) is 3.82. The van der Waals surface area contributed by atoms with Gasteiger partial charge in [-0.2, -0.15) is 0 Å². The van der Waals surface area contributed by atoms with Gasteiger partial charge in [-0.3, -0.25) is 9.59 Å². The van der Waals surface area contributed by atoms with Crippen LogP contribution >= 0.6 is 0 Å². The van der Waals surface area contributed by atoms with E-state index in [-0.39, 0.29) is 11.9 Å². The van der Waals surface area contributed by atoms with Crippen molar-refractivity contribution < 1.29 is 14.3 Å². The Balaban J connectivity index is 1.62. The summed E-state index contributed by atoms with van der Waals surface area (Å²) in [7, 11) is 0. The first-order chi connectivity index (χ1) is 12.1. The van der Waals surface area contributed by atoms with Crippen LogP contribution < -0.4 is 10.6 Å². The number of fused-ring (bicyclic) bond motifs is 1. The number of nitrogens with zero attached hydrogens (tertiary/aromatic N) is 1. The largest absolute Gasteiger partial charge is 0.466 e. The van der Waals surface area contributed by atoms with E-state index in [1.54, 1.807) is 11.0 Å². The Morgan fingerprint density at radius 2 is 1.96 bits per heavy atom. The molecule has 5 nitrogen and oxygen atoms in total. The maximum Gasteiger partial charge on any atom is 0.305 e. The number of esters is 1. The van der Waals surface area contributed by atoms with Gasteiger partial charge in [0.05, 0.1) is 13.2 Å². The van der Waals surface area contributed by atoms with E-state index in [4.69, 9.17) is 10.5 Å². The number of nitrogen functional groups attached to an aromatic ring is 1. The molecule has 0 bridgehead atoms. The van der Waals surface area contributed by atoms with Crippen molar-refractivity contribution in [2.24, 2.45) is 0 Å². The Bertz CT molecular complexity index is 784. The van der Waals surface area contributed by atoms with Gasteiger partial charge >= 0.3 is 5.97 Å². The minimum Gasteiger partial charge on any atom is -0.466 e. The molecule has 0 saturated carbocycles. The highest BCUT2D eigenvalue weighted by atomic mass is 16.5. The summed E-state index contributed by atoms with van der Waals surface area (Å²) >= 11 is 0. The van der Waals surface area contributed by atoms with Crippen molar-refractivity contribution in [3.63, 3.8) is 0 Å². The van der Waals surface area contributed by atoms with Gasteiger partial charge in [-0.25, -0.2) is 0 Å². The van der Waals surface area contributed by atoms with E-state index in [9.17, 15) is 9.59 Å². The van der Waals surface area contributed by atoms with E-state index in [0.717, 1.165) is 29.7 Å². The number of hydrogen-bond donors (Lipinski definition) is 1. The lowest BCUT2D eigenvalue weighted by Crippen LogP contribution is -2.22. The Morgan fingerprint density at radius 3 is 2.68 bits per heavy atom. The van der Waals surface area contributed by atoms with Gasteiger partial charge in [-0.05, 0) is 55.2 Å². The monoisotopic (exact) mass is 338 g/mol. The first-order valence-electron chi connectivity index (χ1n) is 8.53. The van der Waals surface area contributed by atoms with Crippen molar-refractivity contribution in [3.8, 4) is 0 Å². The lowest BCUT2D eigenvalue weighted by Gasteiger charge is -2.16.